The van der Waals surface area contributed by atoms with E-state index in [1.165, 1.54) is 0 Å². The number of hydrogen-bond acceptors (Lipinski definition) is 5. The minimum Gasteiger partial charge on any atom is -0.480 e. The topological polar surface area (TPSA) is 67.2 Å². The lowest BCUT2D eigenvalue weighted by molar-refractivity contribution is -0.0447. The molecule has 0 bridgehead atoms. The van der Waals surface area contributed by atoms with Crippen molar-refractivity contribution in [3.8, 4) is 11.8 Å². The molecule has 2 heterocycles. The molecule has 0 aliphatic carbocycles. The molecule has 1 aliphatic rings. The standard InChI is InChI=1S/C17H17N3O2/c18-11-13-5-1-2-7-15(13)22-17(14-6-3-4-8-20-14)16-12-19-9-10-21-16/h1-8,16-17,19H,9-10,12H2/t16-,17-/m0/s1. The number of rotatable bonds is 4. The number of aromatic nitrogens is 1. The highest BCUT2D eigenvalue weighted by Gasteiger charge is 2.29. The first-order valence-corrected chi connectivity index (χ1v) is 7.27. The third-order valence-corrected chi connectivity index (χ3v) is 3.53. The van der Waals surface area contributed by atoms with Gasteiger partial charge in [0.05, 0.1) is 17.9 Å². The van der Waals surface area contributed by atoms with E-state index in [2.05, 4.69) is 16.4 Å². The van der Waals surface area contributed by atoms with Gasteiger partial charge in [-0.3, -0.25) is 4.98 Å². The van der Waals surface area contributed by atoms with E-state index in [1.54, 1.807) is 18.3 Å². The zero-order valence-electron chi connectivity index (χ0n) is 12.1. The molecule has 0 amide bonds. The highest BCUT2D eigenvalue weighted by molar-refractivity contribution is 5.42. The molecule has 1 aromatic heterocycles. The van der Waals surface area contributed by atoms with Crippen LogP contribution in [0.25, 0.3) is 0 Å². The molecule has 0 spiro atoms. The molecule has 2 aromatic rings. The predicted octanol–water partition coefficient (Wildman–Crippen LogP) is 2.06. The molecule has 112 valence electrons. The number of nitriles is 1. The van der Waals surface area contributed by atoms with Crippen LogP contribution in [0.2, 0.25) is 0 Å². The number of benzene rings is 1. The van der Waals surface area contributed by atoms with Gasteiger partial charge < -0.3 is 14.8 Å². The summed E-state index contributed by atoms with van der Waals surface area (Å²) in [6.45, 7) is 2.16. The van der Waals surface area contributed by atoms with Gasteiger partial charge in [0.2, 0.25) is 0 Å². The van der Waals surface area contributed by atoms with Crippen LogP contribution in [0.4, 0.5) is 0 Å². The number of pyridine rings is 1. The molecule has 22 heavy (non-hydrogen) atoms. The molecule has 0 radical (unpaired) electrons. The molecular weight excluding hydrogens is 278 g/mol. The first-order valence-electron chi connectivity index (χ1n) is 7.27. The molecule has 0 unspecified atom stereocenters. The maximum Gasteiger partial charge on any atom is 0.168 e. The molecule has 0 saturated carbocycles. The maximum absolute atomic E-state index is 9.22. The van der Waals surface area contributed by atoms with Gasteiger partial charge in [-0.25, -0.2) is 0 Å². The Hall–Kier alpha value is -2.42. The van der Waals surface area contributed by atoms with Crippen molar-refractivity contribution in [2.75, 3.05) is 19.7 Å². The molecule has 1 saturated heterocycles. The number of para-hydroxylation sites is 1. The Bertz CT molecular complexity index is 648. The van der Waals surface area contributed by atoms with Gasteiger partial charge in [-0.1, -0.05) is 18.2 Å². The summed E-state index contributed by atoms with van der Waals surface area (Å²) in [4.78, 5) is 4.39. The maximum atomic E-state index is 9.22. The van der Waals surface area contributed by atoms with Gasteiger partial charge >= 0.3 is 0 Å². The van der Waals surface area contributed by atoms with E-state index in [4.69, 9.17) is 9.47 Å². The van der Waals surface area contributed by atoms with Crippen molar-refractivity contribution in [1.82, 2.24) is 10.3 Å². The lowest BCUT2D eigenvalue weighted by Crippen LogP contribution is -2.43. The molecule has 1 N–H and O–H groups in total. The van der Waals surface area contributed by atoms with E-state index < -0.39 is 0 Å². The third kappa shape index (κ3) is 3.25. The number of nitrogens with zero attached hydrogens (tertiary/aromatic N) is 2. The van der Waals surface area contributed by atoms with Crippen LogP contribution in [0.1, 0.15) is 17.4 Å². The summed E-state index contributed by atoms with van der Waals surface area (Å²) in [5.74, 6) is 0.551. The minimum atomic E-state index is -0.358. The molecule has 1 aliphatic heterocycles. The van der Waals surface area contributed by atoms with Gasteiger partial charge in [0, 0.05) is 19.3 Å². The third-order valence-electron chi connectivity index (χ3n) is 3.53. The SMILES string of the molecule is N#Cc1ccccc1O[C@@H](c1ccccn1)[C@@H]1CNCCO1. The summed E-state index contributed by atoms with van der Waals surface area (Å²) in [5, 5.41) is 12.5. The second kappa shape index (κ2) is 7.03. The highest BCUT2D eigenvalue weighted by Crippen LogP contribution is 2.28. The number of hydrogen-bond donors (Lipinski definition) is 1. The van der Waals surface area contributed by atoms with Crippen LogP contribution in [0, 0.1) is 11.3 Å². The lowest BCUT2D eigenvalue weighted by Gasteiger charge is -2.31. The van der Waals surface area contributed by atoms with E-state index in [1.807, 2.05) is 30.3 Å². The summed E-state index contributed by atoms with van der Waals surface area (Å²) in [5.41, 5.74) is 1.30. The molecule has 5 heteroatoms. The molecule has 2 atom stereocenters. The molecule has 3 rings (SSSR count). The van der Waals surface area contributed by atoms with Crippen LogP contribution in [0.3, 0.4) is 0 Å². The Labute approximate surface area is 129 Å². The Kier molecular flexibility index (Phi) is 4.64. The van der Waals surface area contributed by atoms with Crippen molar-refractivity contribution in [3.63, 3.8) is 0 Å². The van der Waals surface area contributed by atoms with Crippen LogP contribution in [-0.2, 0) is 4.74 Å². The van der Waals surface area contributed by atoms with Crippen molar-refractivity contribution in [2.24, 2.45) is 0 Å². The van der Waals surface area contributed by atoms with Gasteiger partial charge in [-0.2, -0.15) is 5.26 Å². The van der Waals surface area contributed by atoms with Gasteiger partial charge in [-0.05, 0) is 24.3 Å². The van der Waals surface area contributed by atoms with Crippen LogP contribution in [0.15, 0.2) is 48.7 Å². The number of morpholine rings is 1. The fourth-order valence-electron chi connectivity index (χ4n) is 2.45. The summed E-state index contributed by atoms with van der Waals surface area (Å²) < 4.78 is 11.9. The lowest BCUT2D eigenvalue weighted by atomic mass is 10.1. The fourth-order valence-corrected chi connectivity index (χ4v) is 2.45. The second-order valence-corrected chi connectivity index (χ2v) is 5.01. The van der Waals surface area contributed by atoms with Crippen LogP contribution in [0.5, 0.6) is 5.75 Å². The predicted molar refractivity (Wildman–Crippen MR) is 81.4 cm³/mol. The average molecular weight is 295 g/mol. The van der Waals surface area contributed by atoms with Crippen molar-refractivity contribution in [2.45, 2.75) is 12.2 Å². The molecule has 5 nitrogen and oxygen atoms in total. The van der Waals surface area contributed by atoms with Gasteiger partial charge in [0.25, 0.3) is 0 Å². The van der Waals surface area contributed by atoms with E-state index in [9.17, 15) is 5.26 Å². The highest BCUT2D eigenvalue weighted by atomic mass is 16.5. The molecule has 1 fully saturated rings. The first kappa shape index (κ1) is 14.5. The van der Waals surface area contributed by atoms with E-state index in [-0.39, 0.29) is 12.2 Å². The number of ether oxygens (including phenoxy) is 2. The summed E-state index contributed by atoms with van der Waals surface area (Å²) >= 11 is 0. The van der Waals surface area contributed by atoms with Crippen molar-refractivity contribution in [1.29, 1.82) is 5.26 Å². The van der Waals surface area contributed by atoms with Crippen molar-refractivity contribution >= 4 is 0 Å². The van der Waals surface area contributed by atoms with Crippen molar-refractivity contribution < 1.29 is 9.47 Å². The Morgan fingerprint density at radius 1 is 1.27 bits per heavy atom. The van der Waals surface area contributed by atoms with Crippen LogP contribution < -0.4 is 10.1 Å². The fraction of sp³-hybridized carbons (Fsp3) is 0.294. The zero-order valence-corrected chi connectivity index (χ0v) is 12.1. The Morgan fingerprint density at radius 2 is 2.14 bits per heavy atom. The molecule has 1 aromatic carbocycles. The second-order valence-electron chi connectivity index (χ2n) is 5.01. The summed E-state index contributed by atoms with van der Waals surface area (Å²) in [7, 11) is 0. The summed E-state index contributed by atoms with van der Waals surface area (Å²) in [6.07, 6.45) is 1.23. The van der Waals surface area contributed by atoms with E-state index in [0.717, 1.165) is 12.2 Å². The van der Waals surface area contributed by atoms with E-state index in [0.29, 0.717) is 24.5 Å². The smallest absolute Gasteiger partial charge is 0.168 e. The van der Waals surface area contributed by atoms with Gasteiger partial charge in [0.15, 0.2) is 6.10 Å². The summed E-state index contributed by atoms with van der Waals surface area (Å²) in [6, 6.07) is 15.1. The Balaban J connectivity index is 1.90. The largest absolute Gasteiger partial charge is 0.480 e. The molecular formula is C17H17N3O2. The van der Waals surface area contributed by atoms with E-state index >= 15 is 0 Å². The zero-order chi connectivity index (χ0) is 15.2. The monoisotopic (exact) mass is 295 g/mol. The van der Waals surface area contributed by atoms with Gasteiger partial charge in [-0.15, -0.1) is 0 Å². The van der Waals surface area contributed by atoms with Crippen LogP contribution >= 0.6 is 0 Å². The number of nitrogens with one attached hydrogen (secondary N) is 1. The van der Waals surface area contributed by atoms with Crippen LogP contribution in [-0.4, -0.2) is 30.8 Å². The average Bonchev–Trinajstić information content (AvgIpc) is 2.61. The normalized spacial score (nSPS) is 19.1. The first-order chi connectivity index (χ1) is 10.9. The van der Waals surface area contributed by atoms with Crippen molar-refractivity contribution in [3.05, 3.63) is 59.9 Å². The van der Waals surface area contributed by atoms with Gasteiger partial charge in [0.1, 0.15) is 17.9 Å². The Morgan fingerprint density at radius 3 is 2.86 bits per heavy atom. The minimum absolute atomic E-state index is 0.143. The quantitative estimate of drug-likeness (QED) is 0.935.